The van der Waals surface area contributed by atoms with Gasteiger partial charge in [0.2, 0.25) is 0 Å². The van der Waals surface area contributed by atoms with Crippen molar-refractivity contribution in [1.29, 1.82) is 0 Å². The first-order chi connectivity index (χ1) is 12.2. The van der Waals surface area contributed by atoms with Crippen LogP contribution >= 0.6 is 22.7 Å². The molecular weight excluding hydrogens is 350 g/mol. The summed E-state index contributed by atoms with van der Waals surface area (Å²) in [6.45, 7) is 2.73. The molecule has 0 aromatic carbocycles. The van der Waals surface area contributed by atoms with E-state index >= 15 is 0 Å². The predicted octanol–water partition coefficient (Wildman–Crippen LogP) is 4.36. The second-order valence-corrected chi connectivity index (χ2v) is 8.70. The first-order valence-electron chi connectivity index (χ1n) is 8.69. The molecule has 0 radical (unpaired) electrons. The van der Waals surface area contributed by atoms with E-state index in [9.17, 15) is 4.79 Å². The van der Waals surface area contributed by atoms with E-state index in [4.69, 9.17) is 0 Å². The smallest absolute Gasteiger partial charge is 0.271 e. The molecule has 0 bridgehead atoms. The summed E-state index contributed by atoms with van der Waals surface area (Å²) in [6.07, 6.45) is 5.94. The van der Waals surface area contributed by atoms with Gasteiger partial charge in [-0.3, -0.25) is 9.89 Å². The zero-order chi connectivity index (χ0) is 17.2. The molecule has 25 heavy (non-hydrogen) atoms. The lowest BCUT2D eigenvalue weighted by atomic mass is 9.95. The Labute approximate surface area is 155 Å². The minimum absolute atomic E-state index is 0.111. The molecule has 0 saturated heterocycles. The summed E-state index contributed by atoms with van der Waals surface area (Å²) in [7, 11) is 0. The van der Waals surface area contributed by atoms with Gasteiger partial charge in [-0.1, -0.05) is 0 Å². The van der Waals surface area contributed by atoms with Crippen LogP contribution in [0.3, 0.4) is 0 Å². The number of nitrogens with zero attached hydrogens (tertiary/aromatic N) is 1. The fourth-order valence-corrected chi connectivity index (χ4v) is 5.33. The van der Waals surface area contributed by atoms with Gasteiger partial charge in [0.15, 0.2) is 5.69 Å². The lowest BCUT2D eigenvalue weighted by Crippen LogP contribution is -2.26. The van der Waals surface area contributed by atoms with E-state index in [1.807, 2.05) is 17.4 Å². The van der Waals surface area contributed by atoms with Crippen molar-refractivity contribution < 1.29 is 4.79 Å². The largest absolute Gasteiger partial charge is 0.350 e. The summed E-state index contributed by atoms with van der Waals surface area (Å²) in [5, 5.41) is 12.4. The first-order valence-corrected chi connectivity index (χ1v) is 10.4. The van der Waals surface area contributed by atoms with Crippen LogP contribution in [0.5, 0.6) is 0 Å². The number of aryl methyl sites for hydroxylation is 2. The zero-order valence-electron chi connectivity index (χ0n) is 14.2. The van der Waals surface area contributed by atoms with Crippen LogP contribution in [0.1, 0.15) is 44.2 Å². The van der Waals surface area contributed by atoms with E-state index in [0.717, 1.165) is 17.0 Å². The number of nitrogens with one attached hydrogen (secondary N) is 2. The van der Waals surface area contributed by atoms with Crippen LogP contribution in [-0.4, -0.2) is 22.6 Å². The van der Waals surface area contributed by atoms with Crippen LogP contribution in [0, 0.1) is 6.92 Å². The summed E-state index contributed by atoms with van der Waals surface area (Å²) in [5.74, 6) is -0.111. The fraction of sp³-hybridized carbons (Fsp3) is 0.368. The highest BCUT2D eigenvalue weighted by Crippen LogP contribution is 2.30. The molecule has 0 spiro atoms. The predicted molar refractivity (Wildman–Crippen MR) is 104 cm³/mol. The topological polar surface area (TPSA) is 57.8 Å². The number of H-pyrrole nitrogens is 1. The standard InChI is InChI=1S/C19H21N3OS2/c1-12-6-7-18(25-12)15-10-16(22-21-15)19(23)20-9-8-13-11-24-17-5-3-2-4-14(13)17/h6-7,10-11H,2-5,8-9H2,1H3,(H,20,23)(H,21,22). The van der Waals surface area contributed by atoms with Gasteiger partial charge in [-0.2, -0.15) is 5.10 Å². The SMILES string of the molecule is Cc1ccc(-c2cc(C(=O)NCCc3csc4c3CCCC4)n[nH]2)s1. The number of rotatable bonds is 5. The lowest BCUT2D eigenvalue weighted by Gasteiger charge is -2.12. The minimum Gasteiger partial charge on any atom is -0.350 e. The zero-order valence-corrected chi connectivity index (χ0v) is 15.9. The molecule has 3 heterocycles. The maximum Gasteiger partial charge on any atom is 0.271 e. The number of aromatic nitrogens is 2. The van der Waals surface area contributed by atoms with E-state index in [2.05, 4.69) is 40.0 Å². The van der Waals surface area contributed by atoms with Crippen molar-refractivity contribution in [2.24, 2.45) is 0 Å². The fourth-order valence-electron chi connectivity index (χ4n) is 3.32. The van der Waals surface area contributed by atoms with Gasteiger partial charge >= 0.3 is 0 Å². The third-order valence-electron chi connectivity index (χ3n) is 4.64. The average Bonchev–Trinajstić information content (AvgIpc) is 3.34. The van der Waals surface area contributed by atoms with Crippen molar-refractivity contribution in [1.82, 2.24) is 15.5 Å². The summed E-state index contributed by atoms with van der Waals surface area (Å²) in [5.41, 5.74) is 4.31. The van der Waals surface area contributed by atoms with E-state index in [0.29, 0.717) is 12.2 Å². The minimum atomic E-state index is -0.111. The van der Waals surface area contributed by atoms with Gasteiger partial charge in [0.05, 0.1) is 10.6 Å². The van der Waals surface area contributed by atoms with Crippen molar-refractivity contribution in [2.75, 3.05) is 6.54 Å². The number of fused-ring (bicyclic) bond motifs is 1. The Hall–Kier alpha value is -1.92. The van der Waals surface area contributed by atoms with Gasteiger partial charge in [-0.25, -0.2) is 0 Å². The molecule has 0 saturated carbocycles. The van der Waals surface area contributed by atoms with Crippen LogP contribution in [0.4, 0.5) is 0 Å². The van der Waals surface area contributed by atoms with Crippen LogP contribution in [-0.2, 0) is 19.3 Å². The molecule has 1 amide bonds. The highest BCUT2D eigenvalue weighted by molar-refractivity contribution is 7.15. The Morgan fingerprint density at radius 3 is 3.04 bits per heavy atom. The third-order valence-corrected chi connectivity index (χ3v) is 6.82. The molecule has 3 aromatic rings. The number of carbonyl (C=O) groups excluding carboxylic acids is 1. The van der Waals surface area contributed by atoms with Crippen molar-refractivity contribution in [3.63, 3.8) is 0 Å². The molecule has 3 aromatic heterocycles. The van der Waals surface area contributed by atoms with Crippen molar-refractivity contribution in [3.8, 4) is 10.6 Å². The van der Waals surface area contributed by atoms with Gasteiger partial charge in [0.1, 0.15) is 0 Å². The summed E-state index contributed by atoms with van der Waals surface area (Å²) in [4.78, 5) is 16.2. The van der Waals surface area contributed by atoms with E-state index < -0.39 is 0 Å². The number of hydrogen-bond acceptors (Lipinski definition) is 4. The normalized spacial score (nSPS) is 13.6. The highest BCUT2D eigenvalue weighted by Gasteiger charge is 2.16. The maximum absolute atomic E-state index is 12.3. The molecule has 130 valence electrons. The van der Waals surface area contributed by atoms with Gasteiger partial charge in [-0.05, 0) is 73.7 Å². The first kappa shape index (κ1) is 16.5. The Morgan fingerprint density at radius 2 is 2.20 bits per heavy atom. The molecule has 6 heteroatoms. The number of aromatic amines is 1. The maximum atomic E-state index is 12.3. The van der Waals surface area contributed by atoms with Crippen LogP contribution in [0.2, 0.25) is 0 Å². The monoisotopic (exact) mass is 371 g/mol. The number of thiophene rings is 2. The average molecular weight is 372 g/mol. The van der Waals surface area contributed by atoms with E-state index in [1.165, 1.54) is 36.1 Å². The Bertz CT molecular complexity index is 890. The Kier molecular flexibility index (Phi) is 4.72. The van der Waals surface area contributed by atoms with E-state index in [-0.39, 0.29) is 5.91 Å². The summed E-state index contributed by atoms with van der Waals surface area (Å²) < 4.78 is 0. The van der Waals surface area contributed by atoms with Crippen molar-refractivity contribution >= 4 is 28.6 Å². The molecule has 2 N–H and O–H groups in total. The molecule has 0 atom stereocenters. The van der Waals surface area contributed by atoms with Gasteiger partial charge in [0.25, 0.3) is 5.91 Å². The third kappa shape index (κ3) is 3.55. The quantitative estimate of drug-likeness (QED) is 0.700. The van der Waals surface area contributed by atoms with Gasteiger partial charge in [0, 0.05) is 16.3 Å². The van der Waals surface area contributed by atoms with Crippen LogP contribution < -0.4 is 5.32 Å². The number of carbonyl (C=O) groups is 1. The molecule has 4 nitrogen and oxygen atoms in total. The Balaban J connectivity index is 1.35. The van der Waals surface area contributed by atoms with E-state index in [1.54, 1.807) is 21.8 Å². The second-order valence-electron chi connectivity index (χ2n) is 6.45. The summed E-state index contributed by atoms with van der Waals surface area (Å²) >= 11 is 3.57. The highest BCUT2D eigenvalue weighted by atomic mass is 32.1. The summed E-state index contributed by atoms with van der Waals surface area (Å²) in [6, 6.07) is 5.95. The molecule has 4 rings (SSSR count). The Morgan fingerprint density at radius 1 is 1.32 bits per heavy atom. The molecule has 0 aliphatic heterocycles. The van der Waals surface area contributed by atoms with Crippen LogP contribution in [0.15, 0.2) is 23.6 Å². The van der Waals surface area contributed by atoms with Crippen molar-refractivity contribution in [2.45, 2.75) is 39.0 Å². The molecule has 1 aliphatic rings. The van der Waals surface area contributed by atoms with Gasteiger partial charge in [-0.15, -0.1) is 22.7 Å². The van der Waals surface area contributed by atoms with Gasteiger partial charge < -0.3 is 5.32 Å². The molecule has 0 unspecified atom stereocenters. The molecular formula is C19H21N3OS2. The molecule has 0 fully saturated rings. The number of hydrogen-bond donors (Lipinski definition) is 2. The number of amides is 1. The second kappa shape index (κ2) is 7.14. The van der Waals surface area contributed by atoms with Crippen LogP contribution in [0.25, 0.3) is 10.6 Å². The molecule has 1 aliphatic carbocycles. The lowest BCUT2D eigenvalue weighted by molar-refractivity contribution is 0.0949. The van der Waals surface area contributed by atoms with Crippen molar-refractivity contribution in [3.05, 3.63) is 50.2 Å².